The molecule has 1 unspecified atom stereocenters. The summed E-state index contributed by atoms with van der Waals surface area (Å²) in [6.07, 6.45) is 4.80. The van der Waals surface area contributed by atoms with Crippen LogP contribution in [0.5, 0.6) is 0 Å². The lowest BCUT2D eigenvalue weighted by atomic mass is 10.4. The van der Waals surface area contributed by atoms with Gasteiger partial charge >= 0.3 is 0 Å². The lowest BCUT2D eigenvalue weighted by molar-refractivity contribution is 0.171. The first-order chi connectivity index (χ1) is 3.43. The van der Waals surface area contributed by atoms with Gasteiger partial charge in [-0.1, -0.05) is 6.08 Å². The van der Waals surface area contributed by atoms with Gasteiger partial charge in [0, 0.05) is 0 Å². The van der Waals surface area contributed by atoms with Crippen LogP contribution in [0.4, 0.5) is 0 Å². The van der Waals surface area contributed by atoms with E-state index < -0.39 is 0 Å². The molecule has 0 bridgehead atoms. The molecule has 1 atom stereocenters. The van der Waals surface area contributed by atoms with E-state index in [-0.39, 0.29) is 6.10 Å². The van der Waals surface area contributed by atoms with Gasteiger partial charge in [0.25, 0.3) is 0 Å². The molecule has 0 aliphatic carbocycles. The Labute approximate surface area is 41.8 Å². The van der Waals surface area contributed by atoms with Crippen molar-refractivity contribution in [2.75, 3.05) is 6.61 Å². The highest BCUT2D eigenvalue weighted by molar-refractivity contribution is 5.60. The highest BCUT2D eigenvalue weighted by Gasteiger charge is 2.06. The molecule has 0 N–H and O–H groups in total. The molecule has 1 heterocycles. The van der Waals surface area contributed by atoms with Crippen LogP contribution in [0, 0.1) is 0 Å². The van der Waals surface area contributed by atoms with Crippen molar-refractivity contribution in [3.8, 4) is 0 Å². The predicted octanol–water partition coefficient (Wildman–Crippen LogP) is 0.0511. The number of carbonyl (C=O) groups excluding carboxylic acids is 1. The van der Waals surface area contributed by atoms with E-state index in [1.807, 2.05) is 0 Å². The van der Waals surface area contributed by atoms with E-state index in [2.05, 4.69) is 0 Å². The Morgan fingerprint density at radius 3 is 3.00 bits per heavy atom. The van der Waals surface area contributed by atoms with Crippen molar-refractivity contribution in [3.05, 3.63) is 12.2 Å². The molecule has 0 fully saturated rings. The molecule has 0 aromatic carbocycles. The van der Waals surface area contributed by atoms with Crippen molar-refractivity contribution >= 4 is 6.29 Å². The van der Waals surface area contributed by atoms with Crippen LogP contribution in [0.3, 0.4) is 0 Å². The SMILES string of the molecule is O=[C]C1C=CCO1. The largest absolute Gasteiger partial charge is 0.362 e. The van der Waals surface area contributed by atoms with Crippen LogP contribution >= 0.6 is 0 Å². The second kappa shape index (κ2) is 1.89. The summed E-state index contributed by atoms with van der Waals surface area (Å²) in [7, 11) is 0. The van der Waals surface area contributed by atoms with Gasteiger partial charge in [-0.05, 0) is 6.08 Å². The fraction of sp³-hybridized carbons (Fsp3) is 0.400. The van der Waals surface area contributed by atoms with Gasteiger partial charge in [0.05, 0.1) is 6.61 Å². The summed E-state index contributed by atoms with van der Waals surface area (Å²) < 4.78 is 4.77. The third-order valence-electron chi connectivity index (χ3n) is 0.799. The third kappa shape index (κ3) is 0.871. The number of rotatable bonds is 1. The second-order valence-electron chi connectivity index (χ2n) is 1.30. The molecule has 7 heavy (non-hydrogen) atoms. The van der Waals surface area contributed by atoms with Crippen LogP contribution in [0.2, 0.25) is 0 Å². The molecule has 1 aliphatic rings. The highest BCUT2D eigenvalue weighted by atomic mass is 16.5. The Kier molecular flexibility index (Phi) is 1.22. The Balaban J connectivity index is 2.42. The minimum absolute atomic E-state index is 0.389. The maximum Gasteiger partial charge on any atom is 0.234 e. The minimum atomic E-state index is -0.389. The molecule has 2 nitrogen and oxygen atoms in total. The molecule has 0 amide bonds. The van der Waals surface area contributed by atoms with Crippen molar-refractivity contribution in [2.45, 2.75) is 6.10 Å². The standard InChI is InChI=1S/C5H5O2/c6-4-5-2-1-3-7-5/h1-2,5H,3H2. The average molecular weight is 97.1 g/mol. The van der Waals surface area contributed by atoms with E-state index in [1.54, 1.807) is 18.4 Å². The molecule has 1 aliphatic heterocycles. The number of ether oxygens (including phenoxy) is 1. The Morgan fingerprint density at radius 2 is 2.71 bits per heavy atom. The normalized spacial score (nSPS) is 28.3. The predicted molar refractivity (Wildman–Crippen MR) is 24.6 cm³/mol. The number of hydrogen-bond donors (Lipinski definition) is 0. The van der Waals surface area contributed by atoms with Crippen LogP contribution < -0.4 is 0 Å². The number of hydrogen-bond acceptors (Lipinski definition) is 2. The molecule has 0 aromatic rings. The summed E-state index contributed by atoms with van der Waals surface area (Å²) in [5.41, 5.74) is 0. The first-order valence-electron chi connectivity index (χ1n) is 2.09. The van der Waals surface area contributed by atoms with Crippen molar-refractivity contribution in [1.82, 2.24) is 0 Å². The molecule has 2 heteroatoms. The zero-order valence-corrected chi connectivity index (χ0v) is 3.76. The van der Waals surface area contributed by atoms with E-state index in [9.17, 15) is 4.79 Å². The molecule has 0 spiro atoms. The van der Waals surface area contributed by atoms with Crippen molar-refractivity contribution in [3.63, 3.8) is 0 Å². The second-order valence-corrected chi connectivity index (χ2v) is 1.30. The maximum absolute atomic E-state index is 9.71. The first kappa shape index (κ1) is 4.53. The van der Waals surface area contributed by atoms with Crippen molar-refractivity contribution < 1.29 is 9.53 Å². The van der Waals surface area contributed by atoms with Crippen LogP contribution in [-0.2, 0) is 9.53 Å². The van der Waals surface area contributed by atoms with Gasteiger partial charge in [0.1, 0.15) is 6.10 Å². The monoisotopic (exact) mass is 97.0 g/mol. The molecule has 37 valence electrons. The summed E-state index contributed by atoms with van der Waals surface area (Å²) in [5.74, 6) is 0. The Hall–Kier alpha value is -0.630. The van der Waals surface area contributed by atoms with Gasteiger partial charge in [-0.25, -0.2) is 0 Å². The molecule has 0 aromatic heterocycles. The summed E-state index contributed by atoms with van der Waals surface area (Å²) in [4.78, 5) is 9.71. The lowest BCUT2D eigenvalue weighted by Crippen LogP contribution is -2.04. The van der Waals surface area contributed by atoms with Crippen molar-refractivity contribution in [1.29, 1.82) is 0 Å². The molecule has 1 rings (SSSR count). The van der Waals surface area contributed by atoms with E-state index in [0.717, 1.165) is 0 Å². The van der Waals surface area contributed by atoms with Gasteiger partial charge in [0.2, 0.25) is 6.29 Å². The van der Waals surface area contributed by atoms with E-state index in [4.69, 9.17) is 4.74 Å². The summed E-state index contributed by atoms with van der Waals surface area (Å²) in [6, 6.07) is 0. The lowest BCUT2D eigenvalue weighted by Gasteiger charge is -1.91. The zero-order valence-electron chi connectivity index (χ0n) is 3.76. The zero-order chi connectivity index (χ0) is 5.11. The Bertz CT molecular complexity index is 96.3. The molecule has 0 saturated heterocycles. The van der Waals surface area contributed by atoms with E-state index in [1.165, 1.54) is 0 Å². The molecule has 0 saturated carbocycles. The van der Waals surface area contributed by atoms with Crippen LogP contribution in [0.1, 0.15) is 0 Å². The topological polar surface area (TPSA) is 26.3 Å². The van der Waals surface area contributed by atoms with Crippen LogP contribution in [0.15, 0.2) is 12.2 Å². The van der Waals surface area contributed by atoms with Crippen LogP contribution in [-0.4, -0.2) is 19.0 Å². The van der Waals surface area contributed by atoms with E-state index in [0.29, 0.717) is 6.61 Å². The average Bonchev–Trinajstić information content (AvgIpc) is 2.14. The summed E-state index contributed by atoms with van der Waals surface area (Å²) in [5, 5.41) is 0. The Morgan fingerprint density at radius 1 is 1.86 bits per heavy atom. The quantitative estimate of drug-likeness (QED) is 0.432. The first-order valence-corrected chi connectivity index (χ1v) is 2.09. The van der Waals surface area contributed by atoms with Gasteiger partial charge in [-0.15, -0.1) is 0 Å². The fourth-order valence-electron chi connectivity index (χ4n) is 0.467. The third-order valence-corrected chi connectivity index (χ3v) is 0.799. The molecular formula is C5H5O2. The smallest absolute Gasteiger partial charge is 0.234 e. The van der Waals surface area contributed by atoms with E-state index >= 15 is 0 Å². The van der Waals surface area contributed by atoms with Gasteiger partial charge in [-0.3, -0.25) is 4.79 Å². The van der Waals surface area contributed by atoms with Crippen molar-refractivity contribution in [2.24, 2.45) is 0 Å². The molecular weight excluding hydrogens is 92.1 g/mol. The fourth-order valence-corrected chi connectivity index (χ4v) is 0.467. The maximum atomic E-state index is 9.71. The van der Waals surface area contributed by atoms with Crippen LogP contribution in [0.25, 0.3) is 0 Å². The van der Waals surface area contributed by atoms with Gasteiger partial charge in [0.15, 0.2) is 0 Å². The minimum Gasteiger partial charge on any atom is -0.362 e. The summed E-state index contributed by atoms with van der Waals surface area (Å²) in [6.45, 7) is 0.555. The molecule has 1 radical (unpaired) electrons. The summed E-state index contributed by atoms with van der Waals surface area (Å²) >= 11 is 0. The van der Waals surface area contributed by atoms with Gasteiger partial charge < -0.3 is 4.74 Å². The highest BCUT2D eigenvalue weighted by Crippen LogP contribution is 1.97. The van der Waals surface area contributed by atoms with Gasteiger partial charge in [-0.2, -0.15) is 0 Å².